The van der Waals surface area contributed by atoms with Gasteiger partial charge in [-0.2, -0.15) is 5.10 Å². The summed E-state index contributed by atoms with van der Waals surface area (Å²) in [6.45, 7) is 1.45. The van der Waals surface area contributed by atoms with E-state index in [0.717, 1.165) is 28.9 Å². The van der Waals surface area contributed by atoms with E-state index in [2.05, 4.69) is 5.10 Å². The molecule has 0 saturated carbocycles. The number of hydrogen-bond donors (Lipinski definition) is 0. The summed E-state index contributed by atoms with van der Waals surface area (Å²) in [6.07, 6.45) is -2.07. The van der Waals surface area contributed by atoms with E-state index in [4.69, 9.17) is 0 Å². The number of aryl methyl sites for hydroxylation is 2. The van der Waals surface area contributed by atoms with E-state index in [1.54, 1.807) is 0 Å². The average molecular weight is 352 g/mol. The Hall–Kier alpha value is -2.70. The topological polar surface area (TPSA) is 17.8 Å². The van der Waals surface area contributed by atoms with Gasteiger partial charge in [-0.25, -0.2) is 22.0 Å². The van der Waals surface area contributed by atoms with Gasteiger partial charge in [-0.1, -0.05) is 6.07 Å². The lowest BCUT2D eigenvalue weighted by molar-refractivity contribution is 0.385. The molecule has 0 aliphatic heterocycles. The smallest absolute Gasteiger partial charge is 0.157 e. The molecule has 0 bridgehead atoms. The highest BCUT2D eigenvalue weighted by molar-refractivity contribution is 5.67. The van der Waals surface area contributed by atoms with Crippen LogP contribution in [0.15, 0.2) is 36.4 Å². The Bertz CT molecular complexity index is 929. The second-order valence-corrected chi connectivity index (χ2v) is 5.60. The highest BCUT2D eigenvalue weighted by atomic mass is 19.2. The van der Waals surface area contributed by atoms with Crippen molar-refractivity contribution in [3.8, 4) is 11.3 Å². The predicted octanol–water partition coefficient (Wildman–Crippen LogP) is 5.01. The van der Waals surface area contributed by atoms with Crippen LogP contribution in [0.3, 0.4) is 0 Å². The molecule has 0 N–H and O–H groups in total. The maximum atomic E-state index is 15.1. The van der Waals surface area contributed by atoms with Crippen molar-refractivity contribution in [2.24, 2.45) is 7.05 Å². The molecule has 2 nitrogen and oxygen atoms in total. The molecule has 0 amide bonds. The molecule has 1 aromatic heterocycles. The molecule has 0 fully saturated rings. The van der Waals surface area contributed by atoms with Crippen LogP contribution in [0.2, 0.25) is 0 Å². The van der Waals surface area contributed by atoms with E-state index >= 15 is 4.39 Å². The summed E-state index contributed by atoms with van der Waals surface area (Å²) < 4.78 is 71.6. The van der Waals surface area contributed by atoms with E-state index in [1.807, 2.05) is 0 Å². The number of rotatable bonds is 3. The molecule has 1 atom stereocenters. The third kappa shape index (κ3) is 2.90. The largest absolute Gasteiger partial charge is 0.267 e. The van der Waals surface area contributed by atoms with Gasteiger partial charge in [-0.05, 0) is 31.2 Å². The quantitative estimate of drug-likeness (QED) is 0.606. The maximum absolute atomic E-state index is 15.1. The van der Waals surface area contributed by atoms with Gasteiger partial charge in [-0.15, -0.1) is 0 Å². The van der Waals surface area contributed by atoms with Crippen LogP contribution >= 0.6 is 0 Å². The number of halogens is 5. The third-order valence-corrected chi connectivity index (χ3v) is 3.96. The number of hydrogen-bond acceptors (Lipinski definition) is 1. The summed E-state index contributed by atoms with van der Waals surface area (Å²) in [7, 11) is 1.41. The van der Waals surface area contributed by atoms with Gasteiger partial charge in [-0.3, -0.25) is 4.68 Å². The second kappa shape index (κ2) is 6.31. The average Bonchev–Trinajstić information content (AvgIpc) is 2.81. The fraction of sp³-hybridized carbons (Fsp3) is 0.167. The van der Waals surface area contributed by atoms with Crippen LogP contribution in [0.5, 0.6) is 0 Å². The van der Waals surface area contributed by atoms with Gasteiger partial charge in [0.15, 0.2) is 6.17 Å². The monoisotopic (exact) mass is 352 g/mol. The minimum atomic E-state index is -2.07. The summed E-state index contributed by atoms with van der Waals surface area (Å²) in [5.74, 6) is -3.72. The lowest BCUT2D eigenvalue weighted by Gasteiger charge is -2.14. The normalized spacial score (nSPS) is 12.4. The van der Waals surface area contributed by atoms with Crippen LogP contribution in [-0.4, -0.2) is 9.78 Å². The summed E-state index contributed by atoms with van der Waals surface area (Å²) in [6, 6.07) is 5.69. The number of benzene rings is 2. The molecule has 0 radical (unpaired) electrons. The molecule has 3 rings (SSSR count). The van der Waals surface area contributed by atoms with Crippen molar-refractivity contribution >= 4 is 0 Å². The minimum Gasteiger partial charge on any atom is -0.267 e. The Kier molecular flexibility index (Phi) is 4.32. The Morgan fingerprint density at radius 3 is 2.20 bits per heavy atom. The zero-order valence-corrected chi connectivity index (χ0v) is 13.3. The Balaban J connectivity index is 2.24. The molecule has 1 unspecified atom stereocenters. The fourth-order valence-electron chi connectivity index (χ4n) is 2.86. The van der Waals surface area contributed by atoms with Crippen LogP contribution in [0, 0.1) is 30.2 Å². The second-order valence-electron chi connectivity index (χ2n) is 5.60. The Morgan fingerprint density at radius 2 is 1.60 bits per heavy atom. The Morgan fingerprint density at radius 1 is 0.960 bits per heavy atom. The fourth-order valence-corrected chi connectivity index (χ4v) is 2.86. The third-order valence-electron chi connectivity index (χ3n) is 3.96. The summed E-state index contributed by atoms with van der Waals surface area (Å²) in [5.41, 5.74) is -1.04. The van der Waals surface area contributed by atoms with Gasteiger partial charge in [0.25, 0.3) is 0 Å². The summed E-state index contributed by atoms with van der Waals surface area (Å²) >= 11 is 0. The molecule has 130 valence electrons. The number of nitrogens with zero attached hydrogens (tertiary/aromatic N) is 2. The molecule has 3 aromatic rings. The summed E-state index contributed by atoms with van der Waals surface area (Å²) in [4.78, 5) is 0. The molecule has 7 heteroatoms. The first-order valence-corrected chi connectivity index (χ1v) is 7.38. The highest BCUT2D eigenvalue weighted by Gasteiger charge is 2.29. The molecular formula is C18H13F5N2. The lowest BCUT2D eigenvalue weighted by atomic mass is 9.96. The van der Waals surface area contributed by atoms with Gasteiger partial charge in [0, 0.05) is 24.2 Å². The molecule has 0 saturated heterocycles. The molecule has 1 heterocycles. The molecule has 0 aliphatic carbocycles. The zero-order valence-electron chi connectivity index (χ0n) is 13.3. The van der Waals surface area contributed by atoms with Crippen LogP contribution in [0.1, 0.15) is 23.0 Å². The van der Waals surface area contributed by atoms with Gasteiger partial charge >= 0.3 is 0 Å². The first-order chi connectivity index (χ1) is 11.8. The molecular weight excluding hydrogens is 339 g/mol. The van der Waals surface area contributed by atoms with Crippen LogP contribution < -0.4 is 0 Å². The lowest BCUT2D eigenvalue weighted by Crippen LogP contribution is -2.04. The molecule has 2 aromatic carbocycles. The van der Waals surface area contributed by atoms with Gasteiger partial charge in [0.1, 0.15) is 23.3 Å². The molecule has 25 heavy (non-hydrogen) atoms. The van der Waals surface area contributed by atoms with Crippen LogP contribution in [0.4, 0.5) is 22.0 Å². The van der Waals surface area contributed by atoms with E-state index in [9.17, 15) is 17.6 Å². The van der Waals surface area contributed by atoms with Gasteiger partial charge < -0.3 is 0 Å². The van der Waals surface area contributed by atoms with E-state index < -0.39 is 40.6 Å². The highest BCUT2D eigenvalue weighted by Crippen LogP contribution is 2.39. The van der Waals surface area contributed by atoms with E-state index in [1.165, 1.54) is 20.0 Å². The molecule has 0 spiro atoms. The number of aromatic nitrogens is 2. The van der Waals surface area contributed by atoms with Crippen molar-refractivity contribution in [1.82, 2.24) is 9.78 Å². The van der Waals surface area contributed by atoms with E-state index in [-0.39, 0.29) is 17.0 Å². The predicted molar refractivity (Wildman–Crippen MR) is 82.6 cm³/mol. The van der Waals surface area contributed by atoms with E-state index in [0.29, 0.717) is 6.07 Å². The SMILES string of the molecule is Cc1nn(C)c(-c2c(F)cccc2F)c1C(F)c1ccc(F)cc1F. The van der Waals surface area contributed by atoms with Crippen molar-refractivity contribution in [2.45, 2.75) is 13.1 Å². The maximum Gasteiger partial charge on any atom is 0.157 e. The first kappa shape index (κ1) is 17.1. The van der Waals surface area contributed by atoms with Gasteiger partial charge in [0.05, 0.1) is 17.0 Å². The molecule has 0 aliphatic rings. The van der Waals surface area contributed by atoms with Crippen molar-refractivity contribution in [3.63, 3.8) is 0 Å². The van der Waals surface area contributed by atoms with Crippen LogP contribution in [-0.2, 0) is 7.05 Å². The van der Waals surface area contributed by atoms with Crippen molar-refractivity contribution in [1.29, 1.82) is 0 Å². The zero-order chi connectivity index (χ0) is 18.3. The van der Waals surface area contributed by atoms with Gasteiger partial charge in [0.2, 0.25) is 0 Å². The van der Waals surface area contributed by atoms with Crippen LogP contribution in [0.25, 0.3) is 11.3 Å². The van der Waals surface area contributed by atoms with Crippen molar-refractivity contribution in [3.05, 3.63) is 76.5 Å². The summed E-state index contributed by atoms with van der Waals surface area (Å²) in [5, 5.41) is 4.01. The standard InChI is InChI=1S/C18H13F5N2/c1-9-15(17(23)11-7-6-10(19)8-14(11)22)18(25(2)24-9)16-12(20)4-3-5-13(16)21/h3-8,17H,1-2H3. The number of alkyl halides is 1. The Labute approximate surface area is 140 Å². The first-order valence-electron chi connectivity index (χ1n) is 7.38. The van der Waals surface area contributed by atoms with Crippen molar-refractivity contribution in [2.75, 3.05) is 0 Å². The van der Waals surface area contributed by atoms with Crippen molar-refractivity contribution < 1.29 is 22.0 Å². The minimum absolute atomic E-state index is 0.135.